The van der Waals surface area contributed by atoms with Gasteiger partial charge in [0.1, 0.15) is 47.0 Å². The first-order chi connectivity index (χ1) is 14.5. The van der Waals surface area contributed by atoms with Gasteiger partial charge in [-0.2, -0.15) is 0 Å². The summed E-state index contributed by atoms with van der Waals surface area (Å²) in [6, 6.07) is 0. The lowest BCUT2D eigenvalue weighted by molar-refractivity contribution is -0.237. The second kappa shape index (κ2) is 14.6. The predicted molar refractivity (Wildman–Crippen MR) is 116 cm³/mol. The van der Waals surface area contributed by atoms with E-state index in [1.54, 1.807) is 41.0 Å². The lowest BCUT2D eigenvalue weighted by Crippen LogP contribution is -2.50. The molecule has 0 amide bonds. The first kappa shape index (κ1) is 25.8. The van der Waals surface area contributed by atoms with Gasteiger partial charge in [-0.3, -0.25) is 0 Å². The molecule has 1 fully saturated rings. The van der Waals surface area contributed by atoms with Gasteiger partial charge in [0.2, 0.25) is 0 Å². The van der Waals surface area contributed by atoms with E-state index >= 15 is 0 Å². The Balaban J connectivity index is 1.60. The molecule has 0 saturated carbocycles. The van der Waals surface area contributed by atoms with E-state index in [4.69, 9.17) is 26.8 Å². The van der Waals surface area contributed by atoms with Crippen molar-refractivity contribution < 1.29 is 31.9 Å². The zero-order chi connectivity index (χ0) is 21.8. The van der Waals surface area contributed by atoms with E-state index in [9.17, 15) is 5.11 Å². The Labute approximate surface area is 192 Å². The summed E-state index contributed by atoms with van der Waals surface area (Å²) < 4.78 is 34.5. The minimum absolute atomic E-state index is 0.336. The van der Waals surface area contributed by atoms with Crippen molar-refractivity contribution in [3.05, 3.63) is 11.9 Å². The summed E-state index contributed by atoms with van der Waals surface area (Å²) in [7, 11) is 1.57. The first-order valence-electron chi connectivity index (χ1n) is 10.3. The number of aromatic nitrogens is 3. The maximum Gasteiger partial charge on any atom is 0.160 e. The summed E-state index contributed by atoms with van der Waals surface area (Å²) in [4.78, 5) is 0. The van der Waals surface area contributed by atoms with Crippen LogP contribution in [0.25, 0.3) is 0 Å². The van der Waals surface area contributed by atoms with Crippen molar-refractivity contribution in [2.45, 2.75) is 64.4 Å². The summed E-state index contributed by atoms with van der Waals surface area (Å²) in [6.07, 6.45) is 1.25. The minimum Gasteiger partial charge on any atom is -0.388 e. The molecule has 10 nitrogen and oxygen atoms in total. The molecule has 11 heteroatoms. The van der Waals surface area contributed by atoms with Crippen molar-refractivity contribution in [1.29, 1.82) is 0 Å². The van der Waals surface area contributed by atoms with Crippen molar-refractivity contribution in [1.82, 2.24) is 15.0 Å². The Morgan fingerprint density at radius 3 is 2.57 bits per heavy atom. The average Bonchev–Trinajstić information content (AvgIpc) is 3.17. The van der Waals surface area contributed by atoms with Crippen LogP contribution in [-0.2, 0) is 39.9 Å². The number of halogens is 1. The highest BCUT2D eigenvalue weighted by atomic mass is 127. The minimum atomic E-state index is -0.774. The van der Waals surface area contributed by atoms with Crippen LogP contribution in [0.4, 0.5) is 0 Å². The van der Waals surface area contributed by atoms with Crippen LogP contribution in [0, 0.1) is 5.92 Å². The standard InChI is InChI=1S/C19H34IN3O7/c1-14(2)4-5-26-6-7-27-8-9-28-13-15-11-23(22-21-15)12-17-19(24)16(30-20)10-18(25-3)29-17/h11,14,16-19,24H,4-10,12-13H2,1-3H3/t16?,17?,18-,19-/m0/s1. The van der Waals surface area contributed by atoms with Crippen LogP contribution in [0.3, 0.4) is 0 Å². The van der Waals surface area contributed by atoms with Crippen LogP contribution >= 0.6 is 23.0 Å². The normalized spacial score (nSPS) is 24.6. The molecule has 0 spiro atoms. The van der Waals surface area contributed by atoms with Crippen LogP contribution in [-0.4, -0.2) is 84.8 Å². The molecular weight excluding hydrogens is 509 g/mol. The first-order valence-corrected chi connectivity index (χ1v) is 11.2. The third-order valence-corrected chi connectivity index (χ3v) is 5.33. The number of hydrogen-bond acceptors (Lipinski definition) is 9. The lowest BCUT2D eigenvalue weighted by atomic mass is 10.0. The monoisotopic (exact) mass is 543 g/mol. The predicted octanol–water partition coefficient (Wildman–Crippen LogP) is 1.73. The van der Waals surface area contributed by atoms with E-state index < -0.39 is 18.5 Å². The molecular formula is C19H34IN3O7. The van der Waals surface area contributed by atoms with Gasteiger partial charge < -0.3 is 31.9 Å². The Kier molecular flexibility index (Phi) is 12.6. The summed E-state index contributed by atoms with van der Waals surface area (Å²) in [5.74, 6) is 0.654. The number of ether oxygens (including phenoxy) is 5. The molecule has 1 aliphatic heterocycles. The van der Waals surface area contributed by atoms with Gasteiger partial charge in [-0.05, 0) is 12.3 Å². The molecule has 174 valence electrons. The molecule has 30 heavy (non-hydrogen) atoms. The molecule has 0 radical (unpaired) electrons. The molecule has 2 heterocycles. The SMILES string of the molecule is CO[C@@H]1CC(OI)[C@H](O)C(Cn2cc(COCCOCCOCCC(C)C)nn2)O1. The van der Waals surface area contributed by atoms with Gasteiger partial charge in [-0.25, -0.2) is 4.68 Å². The summed E-state index contributed by atoms with van der Waals surface area (Å²) in [6.45, 7) is 7.93. The smallest absolute Gasteiger partial charge is 0.160 e. The second-order valence-electron chi connectivity index (χ2n) is 7.59. The number of nitrogens with zero attached hydrogens (tertiary/aromatic N) is 3. The van der Waals surface area contributed by atoms with E-state index in [2.05, 4.69) is 24.2 Å². The fraction of sp³-hybridized carbons (Fsp3) is 0.895. The van der Waals surface area contributed by atoms with Crippen LogP contribution in [0.5, 0.6) is 0 Å². The van der Waals surface area contributed by atoms with Crippen LogP contribution in [0.1, 0.15) is 32.4 Å². The van der Waals surface area contributed by atoms with Crippen molar-refractivity contribution >= 4 is 23.0 Å². The molecule has 0 bridgehead atoms. The van der Waals surface area contributed by atoms with Crippen LogP contribution in [0.15, 0.2) is 6.20 Å². The largest absolute Gasteiger partial charge is 0.388 e. The molecule has 1 saturated heterocycles. The number of methoxy groups -OCH3 is 1. The average molecular weight is 543 g/mol. The molecule has 2 rings (SSSR count). The molecule has 1 N–H and O–H groups in total. The van der Waals surface area contributed by atoms with Gasteiger partial charge in [0, 0.05) is 20.1 Å². The number of aliphatic hydroxyl groups excluding tert-OH is 1. The van der Waals surface area contributed by atoms with Crippen molar-refractivity contribution in [3.8, 4) is 0 Å². The van der Waals surface area contributed by atoms with E-state index in [-0.39, 0.29) is 6.10 Å². The van der Waals surface area contributed by atoms with Gasteiger partial charge in [0.15, 0.2) is 6.29 Å². The van der Waals surface area contributed by atoms with E-state index in [1.165, 1.54) is 0 Å². The highest BCUT2D eigenvalue weighted by molar-refractivity contribution is 14.1. The van der Waals surface area contributed by atoms with Gasteiger partial charge in [-0.15, -0.1) is 5.10 Å². The molecule has 0 aromatic carbocycles. The fourth-order valence-corrected chi connectivity index (χ4v) is 3.41. The van der Waals surface area contributed by atoms with Gasteiger partial charge in [-0.1, -0.05) is 19.1 Å². The maximum atomic E-state index is 10.4. The molecule has 2 unspecified atom stereocenters. The Morgan fingerprint density at radius 2 is 1.90 bits per heavy atom. The Hall–Kier alpha value is -0.410. The molecule has 1 aromatic rings. The topological polar surface area (TPSA) is 106 Å². The summed E-state index contributed by atoms with van der Waals surface area (Å²) >= 11 is 1.79. The Bertz CT molecular complexity index is 578. The fourth-order valence-electron chi connectivity index (χ4n) is 2.91. The number of hydrogen-bond donors (Lipinski definition) is 1. The number of aliphatic hydroxyl groups is 1. The van der Waals surface area contributed by atoms with Gasteiger partial charge in [0.05, 0.1) is 45.8 Å². The maximum absolute atomic E-state index is 10.4. The number of rotatable bonds is 15. The van der Waals surface area contributed by atoms with Crippen LogP contribution in [0.2, 0.25) is 0 Å². The van der Waals surface area contributed by atoms with Gasteiger partial charge >= 0.3 is 0 Å². The molecule has 0 aliphatic carbocycles. The highest BCUT2D eigenvalue weighted by Gasteiger charge is 2.38. The van der Waals surface area contributed by atoms with Crippen molar-refractivity contribution in [2.24, 2.45) is 5.92 Å². The highest BCUT2D eigenvalue weighted by Crippen LogP contribution is 2.25. The van der Waals surface area contributed by atoms with Crippen molar-refractivity contribution in [3.63, 3.8) is 0 Å². The summed E-state index contributed by atoms with van der Waals surface area (Å²) in [5.41, 5.74) is 0.697. The Morgan fingerprint density at radius 1 is 1.20 bits per heavy atom. The van der Waals surface area contributed by atoms with Crippen molar-refractivity contribution in [2.75, 3.05) is 40.1 Å². The van der Waals surface area contributed by atoms with Gasteiger partial charge in [0.25, 0.3) is 0 Å². The third kappa shape index (κ3) is 9.39. The zero-order valence-electron chi connectivity index (χ0n) is 17.9. The third-order valence-electron chi connectivity index (χ3n) is 4.68. The molecule has 1 aliphatic rings. The quantitative estimate of drug-likeness (QED) is 0.262. The lowest BCUT2D eigenvalue weighted by Gasteiger charge is -2.37. The van der Waals surface area contributed by atoms with Crippen LogP contribution < -0.4 is 0 Å². The summed E-state index contributed by atoms with van der Waals surface area (Å²) in [5, 5.41) is 18.6. The zero-order valence-corrected chi connectivity index (χ0v) is 20.1. The molecule has 4 atom stereocenters. The van der Waals surface area contributed by atoms with E-state index in [0.29, 0.717) is 57.6 Å². The molecule has 1 aromatic heterocycles. The van der Waals surface area contributed by atoms with E-state index in [1.807, 2.05) is 0 Å². The van der Waals surface area contributed by atoms with E-state index in [0.717, 1.165) is 13.0 Å². The second-order valence-corrected chi connectivity index (χ2v) is 8.09.